The zero-order chi connectivity index (χ0) is 12.1. The molecule has 0 radical (unpaired) electrons. The minimum atomic E-state index is 0.630. The highest BCUT2D eigenvalue weighted by Gasteiger charge is 2.00. The average molecular weight is 261 g/mol. The summed E-state index contributed by atoms with van der Waals surface area (Å²) in [7, 11) is 0. The molecule has 1 N–H and O–H groups in total. The normalized spacial score (nSPS) is 9.88. The van der Waals surface area contributed by atoms with Crippen molar-refractivity contribution in [2.24, 2.45) is 0 Å². The number of thiazole rings is 1. The Morgan fingerprint density at radius 2 is 2.18 bits per heavy atom. The molecule has 2 rings (SSSR count). The first-order valence-corrected chi connectivity index (χ1v) is 7.08. The lowest BCUT2D eigenvalue weighted by Gasteiger charge is -2.03. The topological polar surface area (TPSA) is 48.7 Å². The molecule has 3 nitrogen and oxygen atoms in total. The molecule has 2 aromatic rings. The molecule has 0 spiro atoms. The van der Waals surface area contributed by atoms with E-state index in [0.717, 1.165) is 11.7 Å². The van der Waals surface area contributed by atoms with Gasteiger partial charge < -0.3 is 5.32 Å². The maximum atomic E-state index is 8.68. The maximum Gasteiger partial charge on any atom is 0.184 e. The molecule has 0 bridgehead atoms. The Kier molecular flexibility index (Phi) is 4.02. The van der Waals surface area contributed by atoms with Gasteiger partial charge in [0.15, 0.2) is 5.13 Å². The van der Waals surface area contributed by atoms with E-state index in [-0.39, 0.29) is 0 Å². The Labute approximate surface area is 109 Å². The number of anilines is 1. The fourth-order valence-corrected chi connectivity index (χ4v) is 2.35. The summed E-state index contributed by atoms with van der Waals surface area (Å²) in [6, 6.07) is 10.5. The van der Waals surface area contributed by atoms with Crippen molar-refractivity contribution >= 4 is 28.2 Å². The summed E-state index contributed by atoms with van der Waals surface area (Å²) in [5, 5.41) is 12.7. The largest absolute Gasteiger partial charge is 0.357 e. The second kappa shape index (κ2) is 5.71. The number of rotatable bonds is 4. The van der Waals surface area contributed by atoms with Gasteiger partial charge in [-0.25, -0.2) is 4.98 Å². The minimum Gasteiger partial charge on any atom is -0.357 e. The summed E-state index contributed by atoms with van der Waals surface area (Å²) in [6.07, 6.45) is 3.65. The SMILES string of the molecule is CSc1ccc(CNc2ncc(C#N)s2)cc1. The van der Waals surface area contributed by atoms with Gasteiger partial charge in [0, 0.05) is 11.4 Å². The third kappa shape index (κ3) is 3.22. The van der Waals surface area contributed by atoms with Crippen molar-refractivity contribution in [2.75, 3.05) is 11.6 Å². The van der Waals surface area contributed by atoms with Crippen LogP contribution < -0.4 is 5.32 Å². The van der Waals surface area contributed by atoms with Crippen LogP contribution in [0.15, 0.2) is 35.4 Å². The number of aromatic nitrogens is 1. The standard InChI is InChI=1S/C12H11N3S2/c1-16-10-4-2-9(3-5-10)7-14-12-15-8-11(6-13)17-12/h2-5,8H,7H2,1H3,(H,14,15). The number of hydrogen-bond donors (Lipinski definition) is 1. The van der Waals surface area contributed by atoms with E-state index in [2.05, 4.69) is 46.9 Å². The van der Waals surface area contributed by atoms with Crippen LogP contribution in [0.4, 0.5) is 5.13 Å². The molecule has 5 heteroatoms. The fourth-order valence-electron chi connectivity index (χ4n) is 1.33. The first-order valence-electron chi connectivity index (χ1n) is 5.04. The molecule has 1 aromatic heterocycles. The molecule has 0 fully saturated rings. The van der Waals surface area contributed by atoms with E-state index in [4.69, 9.17) is 5.26 Å². The van der Waals surface area contributed by atoms with E-state index in [9.17, 15) is 0 Å². The van der Waals surface area contributed by atoms with Crippen molar-refractivity contribution in [3.63, 3.8) is 0 Å². The van der Waals surface area contributed by atoms with Gasteiger partial charge in [0.1, 0.15) is 10.9 Å². The van der Waals surface area contributed by atoms with Crippen molar-refractivity contribution in [2.45, 2.75) is 11.4 Å². The van der Waals surface area contributed by atoms with E-state index in [1.54, 1.807) is 18.0 Å². The van der Waals surface area contributed by atoms with Gasteiger partial charge in [0.25, 0.3) is 0 Å². The molecule has 0 aliphatic heterocycles. The van der Waals surface area contributed by atoms with Gasteiger partial charge in [0.05, 0.1) is 6.20 Å². The second-order valence-corrected chi connectivity index (χ2v) is 5.25. The van der Waals surface area contributed by atoms with Crippen LogP contribution in [0.25, 0.3) is 0 Å². The van der Waals surface area contributed by atoms with Crippen LogP contribution in [-0.4, -0.2) is 11.2 Å². The van der Waals surface area contributed by atoms with Crippen LogP contribution in [0.2, 0.25) is 0 Å². The summed E-state index contributed by atoms with van der Waals surface area (Å²) in [6.45, 7) is 0.729. The highest BCUT2D eigenvalue weighted by atomic mass is 32.2. The Hall–Kier alpha value is -1.51. The summed E-state index contributed by atoms with van der Waals surface area (Å²) in [4.78, 5) is 6.01. The molecule has 1 aromatic carbocycles. The number of nitrogens with one attached hydrogen (secondary N) is 1. The van der Waals surface area contributed by atoms with Crippen LogP contribution in [0.3, 0.4) is 0 Å². The molecule has 0 saturated heterocycles. The molecule has 0 aliphatic carbocycles. The van der Waals surface area contributed by atoms with Gasteiger partial charge in [-0.1, -0.05) is 23.5 Å². The lowest BCUT2D eigenvalue weighted by Crippen LogP contribution is -1.98. The van der Waals surface area contributed by atoms with E-state index in [0.29, 0.717) is 4.88 Å². The van der Waals surface area contributed by atoms with Gasteiger partial charge in [-0.15, -0.1) is 11.8 Å². The van der Waals surface area contributed by atoms with Gasteiger partial charge >= 0.3 is 0 Å². The fraction of sp³-hybridized carbons (Fsp3) is 0.167. The third-order valence-electron chi connectivity index (χ3n) is 2.22. The van der Waals surface area contributed by atoms with Crippen molar-refractivity contribution in [3.05, 3.63) is 40.9 Å². The Bertz CT molecular complexity index is 525. The van der Waals surface area contributed by atoms with Crippen LogP contribution in [0.5, 0.6) is 0 Å². The Morgan fingerprint density at radius 1 is 1.41 bits per heavy atom. The molecular weight excluding hydrogens is 250 g/mol. The molecule has 1 heterocycles. The zero-order valence-electron chi connectivity index (χ0n) is 9.30. The first kappa shape index (κ1) is 12.0. The zero-order valence-corrected chi connectivity index (χ0v) is 10.9. The second-order valence-electron chi connectivity index (χ2n) is 3.34. The third-order valence-corrected chi connectivity index (χ3v) is 3.82. The van der Waals surface area contributed by atoms with Gasteiger partial charge in [-0.3, -0.25) is 0 Å². The van der Waals surface area contributed by atoms with E-state index in [1.807, 2.05) is 0 Å². The van der Waals surface area contributed by atoms with Crippen molar-refractivity contribution in [3.8, 4) is 6.07 Å². The lowest BCUT2D eigenvalue weighted by atomic mass is 10.2. The minimum absolute atomic E-state index is 0.630. The van der Waals surface area contributed by atoms with Crippen LogP contribution >= 0.6 is 23.1 Å². The number of nitriles is 1. The van der Waals surface area contributed by atoms with E-state index < -0.39 is 0 Å². The number of hydrogen-bond acceptors (Lipinski definition) is 5. The first-order chi connectivity index (χ1) is 8.31. The smallest absolute Gasteiger partial charge is 0.184 e. The molecule has 0 unspecified atom stereocenters. The summed E-state index contributed by atoms with van der Waals surface area (Å²) < 4.78 is 0. The Morgan fingerprint density at radius 3 is 2.76 bits per heavy atom. The highest BCUT2D eigenvalue weighted by Crippen LogP contribution is 2.19. The molecule has 17 heavy (non-hydrogen) atoms. The Balaban J connectivity index is 1.95. The van der Waals surface area contributed by atoms with Crippen molar-refractivity contribution < 1.29 is 0 Å². The molecule has 0 atom stereocenters. The van der Waals surface area contributed by atoms with Crippen LogP contribution in [0.1, 0.15) is 10.4 Å². The van der Waals surface area contributed by atoms with E-state index >= 15 is 0 Å². The molecule has 0 saturated carbocycles. The van der Waals surface area contributed by atoms with Gasteiger partial charge in [-0.2, -0.15) is 5.26 Å². The molecule has 0 aliphatic rings. The predicted molar refractivity (Wildman–Crippen MR) is 72.4 cm³/mol. The predicted octanol–water partition coefficient (Wildman–Crippen LogP) is 3.35. The van der Waals surface area contributed by atoms with E-state index in [1.165, 1.54) is 21.8 Å². The monoisotopic (exact) mass is 261 g/mol. The van der Waals surface area contributed by atoms with Gasteiger partial charge in [-0.05, 0) is 24.0 Å². The average Bonchev–Trinajstić information content (AvgIpc) is 2.85. The molecular formula is C12H11N3S2. The van der Waals surface area contributed by atoms with Crippen molar-refractivity contribution in [1.29, 1.82) is 5.26 Å². The number of thioether (sulfide) groups is 1. The summed E-state index contributed by atoms with van der Waals surface area (Å²) in [5.41, 5.74) is 1.21. The number of nitrogens with zero attached hydrogens (tertiary/aromatic N) is 2. The van der Waals surface area contributed by atoms with Crippen LogP contribution in [-0.2, 0) is 6.54 Å². The van der Waals surface area contributed by atoms with Crippen molar-refractivity contribution in [1.82, 2.24) is 4.98 Å². The summed E-state index contributed by atoms with van der Waals surface area (Å²) >= 11 is 3.10. The lowest BCUT2D eigenvalue weighted by molar-refractivity contribution is 1.13. The highest BCUT2D eigenvalue weighted by molar-refractivity contribution is 7.98. The quantitative estimate of drug-likeness (QED) is 0.857. The molecule has 0 amide bonds. The summed E-state index contributed by atoms with van der Waals surface area (Å²) in [5.74, 6) is 0. The van der Waals surface area contributed by atoms with Crippen LogP contribution in [0, 0.1) is 11.3 Å². The van der Waals surface area contributed by atoms with Gasteiger partial charge in [0.2, 0.25) is 0 Å². The maximum absolute atomic E-state index is 8.68. The number of benzene rings is 1. The molecule has 86 valence electrons.